The van der Waals surface area contributed by atoms with E-state index in [1.165, 1.54) is 16.3 Å². The molecule has 2 aromatic carbocycles. The Kier molecular flexibility index (Phi) is 8.51. The van der Waals surface area contributed by atoms with Gasteiger partial charge in [0.2, 0.25) is 0 Å². The van der Waals surface area contributed by atoms with E-state index in [9.17, 15) is 0 Å². The molecule has 0 spiro atoms. The molecule has 6 heteroatoms. The number of piperidine rings is 1. The van der Waals surface area contributed by atoms with Gasteiger partial charge in [-0.05, 0) is 61.2 Å². The van der Waals surface area contributed by atoms with E-state index in [0.29, 0.717) is 12.6 Å². The van der Waals surface area contributed by atoms with Gasteiger partial charge in [0.1, 0.15) is 5.82 Å². The smallest absolute Gasteiger partial charge is 0.191 e. The first kappa shape index (κ1) is 23.3. The predicted molar refractivity (Wildman–Crippen MR) is 142 cm³/mol. The number of nitrogens with one attached hydrogen (secondary N) is 2. The van der Waals surface area contributed by atoms with Crippen LogP contribution in [0.15, 0.2) is 65.7 Å². The molecule has 5 nitrogen and oxygen atoms in total. The third kappa shape index (κ3) is 6.32. The number of anilines is 1. The molecule has 0 atom stereocenters. The standard InChI is InChI=1S/C25H31N5.HI/c1-3-26-25(27-18-20-11-12-21-8-4-5-9-22(21)17-20)29-23-13-15-30(16-14-23)24-10-6-7-19(2)28-24;/h4-12,17,23H,3,13-16,18H2,1-2H3,(H2,26,27,29);1H. The summed E-state index contributed by atoms with van der Waals surface area (Å²) in [6, 6.07) is 21.7. The first-order valence-corrected chi connectivity index (χ1v) is 10.9. The Hall–Kier alpha value is -2.35. The van der Waals surface area contributed by atoms with Crippen LogP contribution in [0.25, 0.3) is 10.8 Å². The van der Waals surface area contributed by atoms with Crippen molar-refractivity contribution in [3.05, 3.63) is 71.9 Å². The van der Waals surface area contributed by atoms with Gasteiger partial charge < -0.3 is 15.5 Å². The van der Waals surface area contributed by atoms with Crippen molar-refractivity contribution < 1.29 is 0 Å². The summed E-state index contributed by atoms with van der Waals surface area (Å²) < 4.78 is 0. The maximum atomic E-state index is 4.84. The van der Waals surface area contributed by atoms with Crippen LogP contribution in [0.1, 0.15) is 31.0 Å². The van der Waals surface area contributed by atoms with Crippen LogP contribution in [0.2, 0.25) is 0 Å². The summed E-state index contributed by atoms with van der Waals surface area (Å²) >= 11 is 0. The maximum absolute atomic E-state index is 4.84. The van der Waals surface area contributed by atoms with E-state index < -0.39 is 0 Å². The molecule has 1 aliphatic heterocycles. The van der Waals surface area contributed by atoms with E-state index in [-0.39, 0.29) is 24.0 Å². The second-order valence-electron chi connectivity index (χ2n) is 7.92. The van der Waals surface area contributed by atoms with Crippen molar-refractivity contribution in [2.75, 3.05) is 24.5 Å². The average molecular weight is 529 g/mol. The zero-order valence-corrected chi connectivity index (χ0v) is 20.7. The third-order valence-corrected chi connectivity index (χ3v) is 5.61. The lowest BCUT2D eigenvalue weighted by atomic mass is 10.1. The number of aryl methyl sites for hydroxylation is 1. The van der Waals surface area contributed by atoms with Gasteiger partial charge >= 0.3 is 0 Å². The topological polar surface area (TPSA) is 52.6 Å². The Labute approximate surface area is 202 Å². The monoisotopic (exact) mass is 529 g/mol. The zero-order valence-electron chi connectivity index (χ0n) is 18.3. The normalized spacial score (nSPS) is 14.9. The molecule has 3 aromatic rings. The van der Waals surface area contributed by atoms with Gasteiger partial charge in [-0.3, -0.25) is 0 Å². The van der Waals surface area contributed by atoms with Crippen molar-refractivity contribution in [3.8, 4) is 0 Å². The van der Waals surface area contributed by atoms with Gasteiger partial charge in [-0.25, -0.2) is 9.98 Å². The number of pyridine rings is 1. The van der Waals surface area contributed by atoms with E-state index in [0.717, 1.165) is 49.9 Å². The van der Waals surface area contributed by atoms with E-state index in [4.69, 9.17) is 4.99 Å². The molecule has 1 aliphatic rings. The lowest BCUT2D eigenvalue weighted by molar-refractivity contribution is 0.459. The van der Waals surface area contributed by atoms with Crippen LogP contribution in [0.5, 0.6) is 0 Å². The van der Waals surface area contributed by atoms with Crippen molar-refractivity contribution >= 4 is 46.5 Å². The molecule has 164 valence electrons. The molecule has 31 heavy (non-hydrogen) atoms. The SMILES string of the molecule is CCNC(=NCc1ccc2ccccc2c1)NC1CCN(c2cccc(C)n2)CC1.I. The molecule has 2 N–H and O–H groups in total. The molecule has 0 aliphatic carbocycles. The average Bonchev–Trinajstić information content (AvgIpc) is 2.78. The second-order valence-corrected chi connectivity index (χ2v) is 7.92. The van der Waals surface area contributed by atoms with Crippen LogP contribution in [0, 0.1) is 6.92 Å². The zero-order chi connectivity index (χ0) is 20.8. The number of halogens is 1. The van der Waals surface area contributed by atoms with Gasteiger partial charge in [0.05, 0.1) is 6.54 Å². The van der Waals surface area contributed by atoms with Crippen molar-refractivity contribution in [1.82, 2.24) is 15.6 Å². The number of guanidine groups is 1. The van der Waals surface area contributed by atoms with Crippen LogP contribution in [0.3, 0.4) is 0 Å². The minimum Gasteiger partial charge on any atom is -0.357 e. The predicted octanol–water partition coefficient (Wildman–Crippen LogP) is 4.89. The van der Waals surface area contributed by atoms with Crippen molar-refractivity contribution in [3.63, 3.8) is 0 Å². The van der Waals surface area contributed by atoms with Crippen molar-refractivity contribution in [2.45, 2.75) is 39.3 Å². The minimum atomic E-state index is 0. The number of hydrogen-bond acceptors (Lipinski definition) is 3. The fourth-order valence-corrected chi connectivity index (χ4v) is 3.98. The Bertz CT molecular complexity index is 1010. The highest BCUT2D eigenvalue weighted by atomic mass is 127. The molecule has 1 saturated heterocycles. The first-order valence-electron chi connectivity index (χ1n) is 10.9. The van der Waals surface area contributed by atoms with Gasteiger partial charge in [-0.1, -0.05) is 42.5 Å². The van der Waals surface area contributed by atoms with Crippen LogP contribution < -0.4 is 15.5 Å². The fourth-order valence-electron chi connectivity index (χ4n) is 3.98. The fraction of sp³-hybridized carbons (Fsp3) is 0.360. The number of rotatable bonds is 5. The lowest BCUT2D eigenvalue weighted by Gasteiger charge is -2.34. The van der Waals surface area contributed by atoms with Gasteiger partial charge in [0.25, 0.3) is 0 Å². The highest BCUT2D eigenvalue weighted by Gasteiger charge is 2.21. The molecule has 2 heterocycles. The van der Waals surface area contributed by atoms with Gasteiger partial charge in [-0.15, -0.1) is 24.0 Å². The summed E-state index contributed by atoms with van der Waals surface area (Å²) in [5.41, 5.74) is 2.30. The molecule has 0 amide bonds. The molecule has 4 rings (SSSR count). The number of fused-ring (bicyclic) bond motifs is 1. The molecular formula is C25H32IN5. The Morgan fingerprint density at radius 1 is 1.03 bits per heavy atom. The minimum absolute atomic E-state index is 0. The molecule has 0 radical (unpaired) electrons. The van der Waals surface area contributed by atoms with Crippen LogP contribution in [0.4, 0.5) is 5.82 Å². The summed E-state index contributed by atoms with van der Waals surface area (Å²) in [6.07, 6.45) is 2.16. The lowest BCUT2D eigenvalue weighted by Crippen LogP contribution is -2.48. The Balaban J connectivity index is 0.00000272. The quantitative estimate of drug-likeness (QED) is 0.281. The van der Waals surface area contributed by atoms with Gasteiger partial charge in [0, 0.05) is 31.4 Å². The van der Waals surface area contributed by atoms with Crippen molar-refractivity contribution in [1.29, 1.82) is 0 Å². The number of benzene rings is 2. The number of nitrogens with zero attached hydrogens (tertiary/aromatic N) is 3. The van der Waals surface area contributed by atoms with Gasteiger partial charge in [0.15, 0.2) is 5.96 Å². The summed E-state index contributed by atoms with van der Waals surface area (Å²) in [5, 5.41) is 9.57. The maximum Gasteiger partial charge on any atom is 0.191 e. The summed E-state index contributed by atoms with van der Waals surface area (Å²) in [5.74, 6) is 1.99. The number of aromatic nitrogens is 1. The highest BCUT2D eigenvalue weighted by molar-refractivity contribution is 14.0. The summed E-state index contributed by atoms with van der Waals surface area (Å²) in [4.78, 5) is 11.9. The second kappa shape index (κ2) is 11.3. The number of aliphatic imine (C=N–C) groups is 1. The molecular weight excluding hydrogens is 497 g/mol. The van der Waals surface area contributed by atoms with E-state index in [1.54, 1.807) is 0 Å². The van der Waals surface area contributed by atoms with Crippen LogP contribution >= 0.6 is 24.0 Å². The Morgan fingerprint density at radius 2 is 1.81 bits per heavy atom. The number of hydrogen-bond donors (Lipinski definition) is 2. The molecule has 1 fully saturated rings. The summed E-state index contributed by atoms with van der Waals surface area (Å²) in [7, 11) is 0. The summed E-state index contributed by atoms with van der Waals surface area (Å²) in [6.45, 7) is 7.71. The molecule has 0 unspecified atom stereocenters. The first-order chi connectivity index (χ1) is 14.7. The van der Waals surface area contributed by atoms with E-state index in [1.807, 2.05) is 13.0 Å². The molecule has 0 bridgehead atoms. The third-order valence-electron chi connectivity index (χ3n) is 5.61. The van der Waals surface area contributed by atoms with Gasteiger partial charge in [-0.2, -0.15) is 0 Å². The Morgan fingerprint density at radius 3 is 2.55 bits per heavy atom. The largest absolute Gasteiger partial charge is 0.357 e. The molecule has 1 aromatic heterocycles. The van der Waals surface area contributed by atoms with Crippen LogP contribution in [-0.2, 0) is 6.54 Å². The van der Waals surface area contributed by atoms with E-state index >= 15 is 0 Å². The van der Waals surface area contributed by atoms with E-state index in [2.05, 4.69) is 82.0 Å². The molecule has 0 saturated carbocycles. The highest BCUT2D eigenvalue weighted by Crippen LogP contribution is 2.19. The van der Waals surface area contributed by atoms with Crippen molar-refractivity contribution in [2.24, 2.45) is 4.99 Å². The van der Waals surface area contributed by atoms with Crippen LogP contribution in [-0.4, -0.2) is 36.6 Å².